The van der Waals surface area contributed by atoms with E-state index in [1.54, 1.807) is 6.20 Å². The smallest absolute Gasteiger partial charge is 0.272 e. The first-order valence-electron chi connectivity index (χ1n) is 9.63. The average molecular weight is 376 g/mol. The van der Waals surface area contributed by atoms with E-state index in [4.69, 9.17) is 4.98 Å². The summed E-state index contributed by atoms with van der Waals surface area (Å²) in [5.41, 5.74) is 4.38. The van der Waals surface area contributed by atoms with E-state index in [9.17, 15) is 4.79 Å². The van der Waals surface area contributed by atoms with Gasteiger partial charge in [0.25, 0.3) is 5.91 Å². The van der Waals surface area contributed by atoms with Crippen molar-refractivity contribution in [3.8, 4) is 11.3 Å². The van der Waals surface area contributed by atoms with Gasteiger partial charge in [-0.05, 0) is 25.8 Å². The maximum atomic E-state index is 12.6. The molecule has 7 heteroatoms. The molecule has 7 nitrogen and oxygen atoms in total. The number of aromatic nitrogens is 4. The fourth-order valence-corrected chi connectivity index (χ4v) is 3.58. The van der Waals surface area contributed by atoms with Gasteiger partial charge in [-0.1, -0.05) is 37.3 Å². The van der Waals surface area contributed by atoms with Crippen LogP contribution in [-0.2, 0) is 6.42 Å². The lowest BCUT2D eigenvalue weighted by Gasteiger charge is -2.17. The molecule has 1 amide bonds. The molecule has 1 unspecified atom stereocenters. The molecule has 3 aromatic rings. The number of aryl methyl sites for hydroxylation is 1. The standard InChI is InChI=1S/C21H24N6O/c1-3-17-14(2)19(26-25-17)20(28)23-16-10-12-27(13-16)21-22-11-9-18(24-21)15-7-5-4-6-8-15/h4-9,11,16H,3,10,12-13H2,1-2H3,(H,23,28)(H,25,26). The summed E-state index contributed by atoms with van der Waals surface area (Å²) in [4.78, 5) is 23.8. The number of hydrogen-bond donors (Lipinski definition) is 2. The van der Waals surface area contributed by atoms with Gasteiger partial charge in [-0.3, -0.25) is 9.89 Å². The molecule has 144 valence electrons. The molecule has 1 aliphatic rings. The fraction of sp³-hybridized carbons (Fsp3) is 0.333. The number of hydrogen-bond acceptors (Lipinski definition) is 5. The minimum absolute atomic E-state index is 0.0534. The molecule has 2 N–H and O–H groups in total. The second-order valence-electron chi connectivity index (χ2n) is 7.04. The summed E-state index contributed by atoms with van der Waals surface area (Å²) in [7, 11) is 0. The molecule has 2 aromatic heterocycles. The summed E-state index contributed by atoms with van der Waals surface area (Å²) < 4.78 is 0. The van der Waals surface area contributed by atoms with Crippen LogP contribution in [0.4, 0.5) is 5.95 Å². The van der Waals surface area contributed by atoms with Crippen LogP contribution in [0.15, 0.2) is 42.6 Å². The number of carbonyl (C=O) groups is 1. The predicted molar refractivity (Wildman–Crippen MR) is 108 cm³/mol. The topological polar surface area (TPSA) is 86.8 Å². The van der Waals surface area contributed by atoms with Crippen molar-refractivity contribution in [1.29, 1.82) is 0 Å². The van der Waals surface area contributed by atoms with Crippen LogP contribution in [-0.4, -0.2) is 45.2 Å². The van der Waals surface area contributed by atoms with Gasteiger partial charge in [0.1, 0.15) is 0 Å². The van der Waals surface area contributed by atoms with E-state index in [0.717, 1.165) is 41.9 Å². The largest absolute Gasteiger partial charge is 0.346 e. The number of nitrogens with one attached hydrogen (secondary N) is 2. The molecule has 28 heavy (non-hydrogen) atoms. The quantitative estimate of drug-likeness (QED) is 0.715. The Hall–Kier alpha value is -3.22. The van der Waals surface area contributed by atoms with Gasteiger partial charge < -0.3 is 10.2 Å². The van der Waals surface area contributed by atoms with E-state index >= 15 is 0 Å². The Kier molecular flexibility index (Phi) is 5.06. The van der Waals surface area contributed by atoms with Gasteiger partial charge in [-0.2, -0.15) is 5.10 Å². The van der Waals surface area contributed by atoms with E-state index in [2.05, 4.69) is 25.4 Å². The van der Waals surface area contributed by atoms with Crippen LogP contribution in [0.25, 0.3) is 11.3 Å². The van der Waals surface area contributed by atoms with Crippen molar-refractivity contribution in [2.75, 3.05) is 18.0 Å². The van der Waals surface area contributed by atoms with E-state index in [1.807, 2.05) is 50.2 Å². The molecule has 1 aromatic carbocycles. The average Bonchev–Trinajstić information content (AvgIpc) is 3.35. The summed E-state index contributed by atoms with van der Waals surface area (Å²) in [6, 6.07) is 12.0. The van der Waals surface area contributed by atoms with Crippen LogP contribution in [0.2, 0.25) is 0 Å². The van der Waals surface area contributed by atoms with Gasteiger partial charge in [-0.25, -0.2) is 9.97 Å². The lowest BCUT2D eigenvalue weighted by Crippen LogP contribution is -2.37. The number of aromatic amines is 1. The van der Waals surface area contributed by atoms with Gasteiger partial charge >= 0.3 is 0 Å². The summed E-state index contributed by atoms with van der Waals surface area (Å²) in [6.07, 6.45) is 3.48. The summed E-state index contributed by atoms with van der Waals surface area (Å²) in [5.74, 6) is 0.571. The molecule has 1 fully saturated rings. The molecule has 3 heterocycles. The predicted octanol–water partition coefficient (Wildman–Crippen LogP) is 2.75. The molecule has 1 aliphatic heterocycles. The first kappa shape index (κ1) is 18.2. The van der Waals surface area contributed by atoms with Crippen molar-refractivity contribution >= 4 is 11.9 Å². The van der Waals surface area contributed by atoms with Gasteiger partial charge in [0, 0.05) is 42.1 Å². The zero-order valence-corrected chi connectivity index (χ0v) is 16.1. The molecule has 1 atom stereocenters. The van der Waals surface area contributed by atoms with Crippen LogP contribution in [0.1, 0.15) is 35.1 Å². The Morgan fingerprint density at radius 3 is 2.86 bits per heavy atom. The SMILES string of the molecule is CCc1[nH]nc(C(=O)NC2CCN(c3nccc(-c4ccccc4)n3)C2)c1C. The fourth-order valence-electron chi connectivity index (χ4n) is 3.58. The van der Waals surface area contributed by atoms with Crippen molar-refractivity contribution in [3.63, 3.8) is 0 Å². The van der Waals surface area contributed by atoms with Gasteiger partial charge in [-0.15, -0.1) is 0 Å². The van der Waals surface area contributed by atoms with Crippen LogP contribution in [0.3, 0.4) is 0 Å². The minimum Gasteiger partial charge on any atom is -0.346 e. The lowest BCUT2D eigenvalue weighted by atomic mass is 10.1. The van der Waals surface area contributed by atoms with Gasteiger partial charge in [0.2, 0.25) is 5.95 Å². The van der Waals surface area contributed by atoms with Crippen molar-refractivity contribution in [3.05, 3.63) is 59.5 Å². The highest BCUT2D eigenvalue weighted by Gasteiger charge is 2.27. The summed E-state index contributed by atoms with van der Waals surface area (Å²) in [5, 5.41) is 10.2. The van der Waals surface area contributed by atoms with Gasteiger partial charge in [0.15, 0.2) is 5.69 Å². The normalized spacial score (nSPS) is 16.4. The molecule has 4 rings (SSSR count). The van der Waals surface area contributed by atoms with E-state index in [-0.39, 0.29) is 11.9 Å². The first-order chi connectivity index (χ1) is 13.7. The highest BCUT2D eigenvalue weighted by atomic mass is 16.2. The van der Waals surface area contributed by atoms with Crippen molar-refractivity contribution in [1.82, 2.24) is 25.5 Å². The Bertz CT molecular complexity index is 968. The highest BCUT2D eigenvalue weighted by Crippen LogP contribution is 2.21. The Morgan fingerprint density at radius 1 is 1.29 bits per heavy atom. The Balaban J connectivity index is 1.43. The van der Waals surface area contributed by atoms with E-state index < -0.39 is 0 Å². The number of anilines is 1. The zero-order valence-electron chi connectivity index (χ0n) is 16.1. The summed E-state index contributed by atoms with van der Waals surface area (Å²) >= 11 is 0. The monoisotopic (exact) mass is 376 g/mol. The third-order valence-corrected chi connectivity index (χ3v) is 5.20. The van der Waals surface area contributed by atoms with Crippen LogP contribution >= 0.6 is 0 Å². The first-order valence-corrected chi connectivity index (χ1v) is 9.63. The number of rotatable bonds is 5. The minimum atomic E-state index is -0.126. The highest BCUT2D eigenvalue weighted by molar-refractivity contribution is 5.94. The number of H-pyrrole nitrogens is 1. The molecule has 0 radical (unpaired) electrons. The second kappa shape index (κ2) is 7.80. The van der Waals surface area contributed by atoms with Crippen LogP contribution in [0, 0.1) is 6.92 Å². The Morgan fingerprint density at radius 2 is 2.11 bits per heavy atom. The van der Waals surface area contributed by atoms with Crippen molar-refractivity contribution < 1.29 is 4.79 Å². The molecular formula is C21H24N6O. The Labute approximate surface area is 164 Å². The number of amides is 1. The molecule has 0 saturated carbocycles. The third kappa shape index (κ3) is 3.60. The second-order valence-corrected chi connectivity index (χ2v) is 7.04. The number of benzene rings is 1. The maximum Gasteiger partial charge on any atom is 0.272 e. The third-order valence-electron chi connectivity index (χ3n) is 5.20. The molecule has 0 spiro atoms. The molecule has 0 aliphatic carbocycles. The van der Waals surface area contributed by atoms with Crippen LogP contribution < -0.4 is 10.2 Å². The van der Waals surface area contributed by atoms with Crippen molar-refractivity contribution in [2.24, 2.45) is 0 Å². The van der Waals surface area contributed by atoms with Gasteiger partial charge in [0.05, 0.1) is 5.69 Å². The maximum absolute atomic E-state index is 12.6. The van der Waals surface area contributed by atoms with E-state index in [0.29, 0.717) is 18.2 Å². The number of nitrogens with zero attached hydrogens (tertiary/aromatic N) is 4. The lowest BCUT2D eigenvalue weighted by molar-refractivity contribution is 0.0934. The van der Waals surface area contributed by atoms with E-state index in [1.165, 1.54) is 0 Å². The number of carbonyl (C=O) groups excluding carboxylic acids is 1. The zero-order chi connectivity index (χ0) is 19.5. The molecule has 0 bridgehead atoms. The van der Waals surface area contributed by atoms with Crippen LogP contribution in [0.5, 0.6) is 0 Å². The summed E-state index contributed by atoms with van der Waals surface area (Å²) in [6.45, 7) is 5.47. The van der Waals surface area contributed by atoms with Crippen molar-refractivity contribution in [2.45, 2.75) is 32.7 Å². The molecule has 1 saturated heterocycles. The molecular weight excluding hydrogens is 352 g/mol.